The fourth-order valence-corrected chi connectivity index (χ4v) is 4.13. The van der Waals surface area contributed by atoms with E-state index in [1.54, 1.807) is 31.4 Å². The van der Waals surface area contributed by atoms with Crippen LogP contribution in [-0.4, -0.2) is 39.0 Å². The molecule has 2 aromatic carbocycles. The summed E-state index contributed by atoms with van der Waals surface area (Å²) in [5, 5.41) is 32.0. The highest BCUT2D eigenvalue weighted by Gasteiger charge is 2.39. The highest BCUT2D eigenvalue weighted by atomic mass is 79.9. The van der Waals surface area contributed by atoms with Crippen molar-refractivity contribution < 1.29 is 19.6 Å². The van der Waals surface area contributed by atoms with Gasteiger partial charge in [0.05, 0.1) is 22.5 Å². The number of hydrogen-bond acceptors (Lipinski definition) is 9. The molecule has 0 saturated carbocycles. The number of carbonyl (C=O) groups is 1. The van der Waals surface area contributed by atoms with Crippen molar-refractivity contribution in [2.45, 2.75) is 13.1 Å². The molecule has 0 aliphatic carbocycles. The predicted molar refractivity (Wildman–Crippen MR) is 118 cm³/mol. The van der Waals surface area contributed by atoms with Gasteiger partial charge < -0.3 is 9.84 Å². The third-order valence-electron chi connectivity index (χ3n) is 4.65. The lowest BCUT2D eigenvalue weighted by Crippen LogP contribution is -2.50. The van der Waals surface area contributed by atoms with Gasteiger partial charge in [-0.15, -0.1) is 5.10 Å². The molecule has 2 N–H and O–H groups in total. The van der Waals surface area contributed by atoms with Crippen molar-refractivity contribution in [2.75, 3.05) is 12.9 Å². The number of hydrazone groups is 1. The number of amidine groups is 1. The zero-order valence-corrected chi connectivity index (χ0v) is 18.7. The highest BCUT2D eigenvalue weighted by Crippen LogP contribution is 2.44. The molecule has 2 aliphatic rings. The Kier molecular flexibility index (Phi) is 5.58. The van der Waals surface area contributed by atoms with Crippen LogP contribution in [0, 0.1) is 10.1 Å². The number of rotatable bonds is 4. The summed E-state index contributed by atoms with van der Waals surface area (Å²) >= 11 is 4.62. The average Bonchev–Trinajstić information content (AvgIpc) is 2.74. The smallest absolute Gasteiger partial charge is 0.322 e. The van der Waals surface area contributed by atoms with E-state index in [1.807, 2.05) is 0 Å². The Morgan fingerprint density at radius 3 is 2.84 bits per heavy atom. The van der Waals surface area contributed by atoms with Crippen LogP contribution in [0.25, 0.3) is 5.70 Å². The van der Waals surface area contributed by atoms with Gasteiger partial charge in [0.1, 0.15) is 5.70 Å². The molecular weight excluding hydrogens is 490 g/mol. The van der Waals surface area contributed by atoms with E-state index in [-0.39, 0.29) is 29.4 Å². The summed E-state index contributed by atoms with van der Waals surface area (Å²) in [5.74, 6) is -1.00. The molecule has 0 radical (unpaired) electrons. The summed E-state index contributed by atoms with van der Waals surface area (Å²) in [7, 11) is 0. The Morgan fingerprint density at radius 2 is 2.16 bits per heavy atom. The van der Waals surface area contributed by atoms with Crippen LogP contribution in [0.2, 0.25) is 0 Å². The average molecular weight is 506 g/mol. The fraction of sp³-hybridized carbons (Fsp3) is 0.211. The SMILES string of the molecule is CCOc1c(O)ccc(C2N=c3ccc(Br)cc3=C3C(=O)NC(SC)=NN32)c1[N+](=O)[O-]. The Hall–Kier alpha value is -3.12. The van der Waals surface area contributed by atoms with Crippen LogP contribution in [-0.2, 0) is 4.79 Å². The molecule has 0 spiro atoms. The van der Waals surface area contributed by atoms with E-state index in [1.165, 1.54) is 28.9 Å². The Balaban J connectivity index is 2.04. The summed E-state index contributed by atoms with van der Waals surface area (Å²) in [5.41, 5.74) is -0.0759. The number of hydrogen-bond donors (Lipinski definition) is 2. The number of amides is 1. The van der Waals surface area contributed by atoms with E-state index in [4.69, 9.17) is 4.74 Å². The van der Waals surface area contributed by atoms with E-state index in [0.717, 1.165) is 4.47 Å². The van der Waals surface area contributed by atoms with Crippen LogP contribution >= 0.6 is 27.7 Å². The first-order chi connectivity index (χ1) is 14.8. The molecule has 2 heterocycles. The van der Waals surface area contributed by atoms with Crippen molar-refractivity contribution in [3.05, 3.63) is 61.1 Å². The van der Waals surface area contributed by atoms with E-state index in [9.17, 15) is 20.0 Å². The van der Waals surface area contributed by atoms with Crippen LogP contribution in [0.3, 0.4) is 0 Å². The molecule has 4 rings (SSSR count). The first kappa shape index (κ1) is 21.1. The van der Waals surface area contributed by atoms with Crippen molar-refractivity contribution in [1.82, 2.24) is 10.3 Å². The Bertz CT molecular complexity index is 1270. The van der Waals surface area contributed by atoms with Gasteiger partial charge in [0, 0.05) is 9.69 Å². The molecule has 2 aromatic rings. The number of phenolic OH excluding ortho intramolecular Hbond substituents is 1. The first-order valence-corrected chi connectivity index (χ1v) is 11.1. The second kappa shape index (κ2) is 8.19. The van der Waals surface area contributed by atoms with E-state index in [0.29, 0.717) is 15.7 Å². The van der Waals surface area contributed by atoms with Gasteiger partial charge in [-0.3, -0.25) is 25.2 Å². The molecule has 31 heavy (non-hydrogen) atoms. The lowest BCUT2D eigenvalue weighted by atomic mass is 10.1. The van der Waals surface area contributed by atoms with E-state index < -0.39 is 22.7 Å². The molecule has 2 aliphatic heterocycles. The number of fused-ring (bicyclic) bond motifs is 2. The maximum atomic E-state index is 13.0. The van der Waals surface area contributed by atoms with Gasteiger partial charge in [-0.2, -0.15) is 0 Å². The molecule has 0 fully saturated rings. The summed E-state index contributed by atoms with van der Waals surface area (Å²) in [4.78, 5) is 29.0. The molecular formula is C19H16BrN5O5S. The minimum atomic E-state index is -1.02. The predicted octanol–water partition coefficient (Wildman–Crippen LogP) is 1.97. The van der Waals surface area contributed by atoms with Crippen LogP contribution in [0.5, 0.6) is 11.5 Å². The van der Waals surface area contributed by atoms with Crippen LogP contribution in [0.15, 0.2) is 44.9 Å². The number of nitro benzene ring substituents is 1. The maximum Gasteiger partial charge on any atom is 0.322 e. The number of nitrogens with zero attached hydrogens (tertiary/aromatic N) is 4. The summed E-state index contributed by atoms with van der Waals surface area (Å²) in [6.45, 7) is 1.78. The third kappa shape index (κ3) is 3.61. The quantitative estimate of drug-likeness (QED) is 0.479. The van der Waals surface area contributed by atoms with Crippen molar-refractivity contribution in [1.29, 1.82) is 0 Å². The second-order valence-electron chi connectivity index (χ2n) is 6.46. The second-order valence-corrected chi connectivity index (χ2v) is 8.17. The number of halogens is 1. The largest absolute Gasteiger partial charge is 0.504 e. The summed E-state index contributed by atoms with van der Waals surface area (Å²) < 4.78 is 6.11. The number of phenols is 1. The van der Waals surface area contributed by atoms with Gasteiger partial charge in [-0.25, -0.2) is 5.01 Å². The van der Waals surface area contributed by atoms with Crippen molar-refractivity contribution in [2.24, 2.45) is 10.1 Å². The number of carbonyl (C=O) groups excluding carboxylic acids is 1. The maximum absolute atomic E-state index is 13.0. The third-order valence-corrected chi connectivity index (χ3v) is 5.72. The van der Waals surface area contributed by atoms with Crippen molar-refractivity contribution in [3.63, 3.8) is 0 Å². The van der Waals surface area contributed by atoms with Gasteiger partial charge in [0.2, 0.25) is 5.75 Å². The molecule has 10 nitrogen and oxygen atoms in total. The van der Waals surface area contributed by atoms with E-state index >= 15 is 0 Å². The summed E-state index contributed by atoms with van der Waals surface area (Å²) in [6.07, 6.45) is 0.734. The van der Waals surface area contributed by atoms with Crippen molar-refractivity contribution >= 4 is 50.2 Å². The van der Waals surface area contributed by atoms with Crippen LogP contribution in [0.1, 0.15) is 18.7 Å². The zero-order valence-electron chi connectivity index (χ0n) is 16.3. The Morgan fingerprint density at radius 1 is 1.39 bits per heavy atom. The van der Waals surface area contributed by atoms with Gasteiger partial charge in [0.25, 0.3) is 5.91 Å². The van der Waals surface area contributed by atoms with Gasteiger partial charge in [0.15, 0.2) is 17.1 Å². The topological polar surface area (TPSA) is 130 Å². The van der Waals surface area contributed by atoms with Crippen LogP contribution < -0.4 is 20.6 Å². The number of thioether (sulfide) groups is 1. The number of nitro groups is 1. The minimum absolute atomic E-state index is 0.120. The normalized spacial score (nSPS) is 17.2. The number of benzene rings is 2. The van der Waals surface area contributed by atoms with E-state index in [2.05, 4.69) is 31.3 Å². The number of aromatic hydroxyl groups is 1. The minimum Gasteiger partial charge on any atom is -0.504 e. The molecule has 1 amide bonds. The lowest BCUT2D eigenvalue weighted by Gasteiger charge is -2.33. The monoisotopic (exact) mass is 505 g/mol. The standard InChI is InChI=1S/C19H16BrN5O5S/c1-3-30-16-13(26)7-5-10(14(16)25(28)29)17-21-12-6-4-9(20)8-11(12)15-18(27)22-19(31-2)23-24(15)17/h4-8,17,26H,3H2,1-2H3,(H,22,23,27). The van der Waals surface area contributed by atoms with Gasteiger partial charge in [-0.1, -0.05) is 27.7 Å². The highest BCUT2D eigenvalue weighted by molar-refractivity contribution is 9.10. The fourth-order valence-electron chi connectivity index (χ4n) is 3.41. The van der Waals surface area contributed by atoms with Crippen LogP contribution in [0.4, 0.5) is 5.69 Å². The molecule has 12 heteroatoms. The number of ether oxygens (including phenoxy) is 1. The first-order valence-electron chi connectivity index (χ1n) is 9.09. The summed E-state index contributed by atoms with van der Waals surface area (Å²) in [6, 6.07) is 7.93. The van der Waals surface area contributed by atoms with Crippen molar-refractivity contribution in [3.8, 4) is 11.5 Å². The van der Waals surface area contributed by atoms with Gasteiger partial charge in [-0.05, 0) is 43.5 Å². The molecule has 1 unspecified atom stereocenters. The molecule has 1 atom stereocenters. The molecule has 0 aromatic heterocycles. The van der Waals surface area contributed by atoms with Gasteiger partial charge >= 0.3 is 5.69 Å². The number of nitrogens with one attached hydrogen (secondary N) is 1. The molecule has 160 valence electrons. The zero-order chi connectivity index (χ0) is 22.3. The lowest BCUT2D eigenvalue weighted by molar-refractivity contribution is -0.387. The Labute approximate surface area is 188 Å². The molecule has 0 saturated heterocycles. The molecule has 0 bridgehead atoms.